The van der Waals surface area contributed by atoms with Crippen LogP contribution < -0.4 is 5.32 Å². The van der Waals surface area contributed by atoms with Crippen molar-refractivity contribution in [3.8, 4) is 0 Å². The summed E-state index contributed by atoms with van der Waals surface area (Å²) in [5.74, 6) is 1.88. The highest BCUT2D eigenvalue weighted by Gasteiger charge is 2.22. The number of rotatable bonds is 5. The monoisotopic (exact) mass is 226 g/mol. The van der Waals surface area contributed by atoms with Crippen molar-refractivity contribution in [2.75, 3.05) is 45.9 Å². The number of ether oxygens (including phenoxy) is 1. The summed E-state index contributed by atoms with van der Waals surface area (Å²) in [6.07, 6.45) is 4.32. The van der Waals surface area contributed by atoms with Gasteiger partial charge in [-0.15, -0.1) is 0 Å². The molecule has 1 aliphatic carbocycles. The Kier molecular flexibility index (Phi) is 5.07. The van der Waals surface area contributed by atoms with Crippen LogP contribution in [-0.4, -0.2) is 50.8 Å². The van der Waals surface area contributed by atoms with E-state index in [-0.39, 0.29) is 0 Å². The fourth-order valence-corrected chi connectivity index (χ4v) is 2.87. The second-order valence-corrected chi connectivity index (χ2v) is 5.33. The predicted molar refractivity (Wildman–Crippen MR) is 66.6 cm³/mol. The molecule has 16 heavy (non-hydrogen) atoms. The number of hydrogen-bond acceptors (Lipinski definition) is 3. The van der Waals surface area contributed by atoms with E-state index < -0.39 is 0 Å². The number of morpholine rings is 1. The molecule has 2 rings (SSSR count). The number of nitrogens with zero attached hydrogens (tertiary/aromatic N) is 1. The number of hydrogen-bond donors (Lipinski definition) is 1. The van der Waals surface area contributed by atoms with Crippen molar-refractivity contribution >= 4 is 0 Å². The highest BCUT2D eigenvalue weighted by Crippen LogP contribution is 2.30. The fourth-order valence-electron chi connectivity index (χ4n) is 2.87. The zero-order valence-corrected chi connectivity index (χ0v) is 10.6. The van der Waals surface area contributed by atoms with Crippen molar-refractivity contribution in [1.82, 2.24) is 10.2 Å². The van der Waals surface area contributed by atoms with Crippen molar-refractivity contribution in [2.45, 2.75) is 26.2 Å². The van der Waals surface area contributed by atoms with Crippen LogP contribution >= 0.6 is 0 Å². The Morgan fingerprint density at radius 3 is 2.75 bits per heavy atom. The molecule has 0 bridgehead atoms. The first-order chi connectivity index (χ1) is 7.86. The van der Waals surface area contributed by atoms with Gasteiger partial charge in [-0.05, 0) is 24.8 Å². The molecule has 94 valence electrons. The summed E-state index contributed by atoms with van der Waals surface area (Å²) < 4.78 is 5.34. The summed E-state index contributed by atoms with van der Waals surface area (Å²) in [4.78, 5) is 2.49. The van der Waals surface area contributed by atoms with Crippen molar-refractivity contribution in [1.29, 1.82) is 0 Å². The van der Waals surface area contributed by atoms with Crippen LogP contribution in [0.1, 0.15) is 26.2 Å². The maximum absolute atomic E-state index is 5.34. The van der Waals surface area contributed by atoms with E-state index in [0.29, 0.717) is 0 Å². The van der Waals surface area contributed by atoms with Crippen LogP contribution in [0.4, 0.5) is 0 Å². The molecule has 1 saturated carbocycles. The maximum Gasteiger partial charge on any atom is 0.0594 e. The summed E-state index contributed by atoms with van der Waals surface area (Å²) in [5.41, 5.74) is 0. The van der Waals surface area contributed by atoms with Gasteiger partial charge in [-0.2, -0.15) is 0 Å². The summed E-state index contributed by atoms with van der Waals surface area (Å²) in [5, 5.41) is 3.62. The Labute approximate surface area is 99.5 Å². The third-order valence-electron chi connectivity index (χ3n) is 4.15. The zero-order chi connectivity index (χ0) is 11.2. The molecule has 1 N–H and O–H groups in total. The standard InChI is InChI=1S/C13H26N2O/c1-12-3-2-4-13(12)11-14-5-6-15-7-9-16-10-8-15/h12-14H,2-11H2,1H3. The van der Waals surface area contributed by atoms with Crippen LogP contribution in [0, 0.1) is 11.8 Å². The fraction of sp³-hybridized carbons (Fsp3) is 1.00. The van der Waals surface area contributed by atoms with Crippen LogP contribution in [0.15, 0.2) is 0 Å². The van der Waals surface area contributed by atoms with E-state index in [1.165, 1.54) is 32.4 Å². The SMILES string of the molecule is CC1CCCC1CNCCN1CCOCC1. The average Bonchev–Trinajstić information content (AvgIpc) is 2.72. The van der Waals surface area contributed by atoms with E-state index in [0.717, 1.165) is 44.7 Å². The van der Waals surface area contributed by atoms with Gasteiger partial charge in [0.1, 0.15) is 0 Å². The molecule has 0 aromatic carbocycles. The topological polar surface area (TPSA) is 24.5 Å². The lowest BCUT2D eigenvalue weighted by atomic mass is 9.98. The first-order valence-electron chi connectivity index (χ1n) is 6.87. The Bertz CT molecular complexity index is 192. The Hall–Kier alpha value is -0.120. The Morgan fingerprint density at radius 2 is 2.06 bits per heavy atom. The predicted octanol–water partition coefficient (Wildman–Crippen LogP) is 1.34. The molecule has 0 amide bonds. The van der Waals surface area contributed by atoms with Crippen LogP contribution in [0.2, 0.25) is 0 Å². The van der Waals surface area contributed by atoms with E-state index in [4.69, 9.17) is 4.74 Å². The molecular weight excluding hydrogens is 200 g/mol. The highest BCUT2D eigenvalue weighted by atomic mass is 16.5. The van der Waals surface area contributed by atoms with Crippen LogP contribution in [0.5, 0.6) is 0 Å². The molecule has 3 nitrogen and oxygen atoms in total. The van der Waals surface area contributed by atoms with E-state index in [1.807, 2.05) is 0 Å². The molecule has 2 atom stereocenters. The first kappa shape index (κ1) is 12.3. The lowest BCUT2D eigenvalue weighted by molar-refractivity contribution is 0.0383. The molecule has 2 fully saturated rings. The summed E-state index contributed by atoms with van der Waals surface area (Å²) in [7, 11) is 0. The third-order valence-corrected chi connectivity index (χ3v) is 4.15. The molecule has 1 aliphatic heterocycles. The van der Waals surface area contributed by atoms with Gasteiger partial charge in [0.2, 0.25) is 0 Å². The minimum Gasteiger partial charge on any atom is -0.379 e. The summed E-state index contributed by atoms with van der Waals surface area (Å²) in [6.45, 7) is 10.0. The van der Waals surface area contributed by atoms with Crippen molar-refractivity contribution in [3.63, 3.8) is 0 Å². The minimum absolute atomic E-state index is 0.916. The highest BCUT2D eigenvalue weighted by molar-refractivity contribution is 4.76. The van der Waals surface area contributed by atoms with Crippen molar-refractivity contribution < 1.29 is 4.74 Å². The van der Waals surface area contributed by atoms with E-state index in [1.54, 1.807) is 0 Å². The lowest BCUT2D eigenvalue weighted by Gasteiger charge is -2.27. The largest absolute Gasteiger partial charge is 0.379 e. The van der Waals surface area contributed by atoms with E-state index >= 15 is 0 Å². The molecule has 3 heteroatoms. The van der Waals surface area contributed by atoms with Crippen LogP contribution in [-0.2, 0) is 4.74 Å². The molecule has 0 aromatic rings. The molecule has 0 spiro atoms. The molecule has 2 aliphatic rings. The summed E-state index contributed by atoms with van der Waals surface area (Å²) >= 11 is 0. The maximum atomic E-state index is 5.34. The summed E-state index contributed by atoms with van der Waals surface area (Å²) in [6, 6.07) is 0. The molecule has 2 unspecified atom stereocenters. The molecule has 0 aromatic heterocycles. The molecule has 1 heterocycles. The number of nitrogens with one attached hydrogen (secondary N) is 1. The second kappa shape index (κ2) is 6.58. The quantitative estimate of drug-likeness (QED) is 0.716. The van der Waals surface area contributed by atoms with Gasteiger partial charge < -0.3 is 10.1 Å². The third kappa shape index (κ3) is 3.72. The second-order valence-electron chi connectivity index (χ2n) is 5.33. The minimum atomic E-state index is 0.916. The van der Waals surface area contributed by atoms with Gasteiger partial charge in [-0.1, -0.05) is 19.8 Å². The van der Waals surface area contributed by atoms with Gasteiger partial charge in [0.15, 0.2) is 0 Å². The Balaban J connectivity index is 1.51. The van der Waals surface area contributed by atoms with E-state index in [2.05, 4.69) is 17.1 Å². The molecule has 1 saturated heterocycles. The van der Waals surface area contributed by atoms with Crippen molar-refractivity contribution in [3.05, 3.63) is 0 Å². The average molecular weight is 226 g/mol. The van der Waals surface area contributed by atoms with Gasteiger partial charge in [-0.3, -0.25) is 4.90 Å². The van der Waals surface area contributed by atoms with Gasteiger partial charge >= 0.3 is 0 Å². The lowest BCUT2D eigenvalue weighted by Crippen LogP contribution is -2.41. The molecule has 0 radical (unpaired) electrons. The van der Waals surface area contributed by atoms with Gasteiger partial charge in [-0.25, -0.2) is 0 Å². The normalized spacial score (nSPS) is 32.1. The van der Waals surface area contributed by atoms with Crippen LogP contribution in [0.25, 0.3) is 0 Å². The van der Waals surface area contributed by atoms with Crippen molar-refractivity contribution in [2.24, 2.45) is 11.8 Å². The van der Waals surface area contributed by atoms with Gasteiger partial charge in [0.05, 0.1) is 13.2 Å². The van der Waals surface area contributed by atoms with Crippen LogP contribution in [0.3, 0.4) is 0 Å². The Morgan fingerprint density at radius 1 is 1.25 bits per heavy atom. The van der Waals surface area contributed by atoms with E-state index in [9.17, 15) is 0 Å². The van der Waals surface area contributed by atoms with Gasteiger partial charge in [0, 0.05) is 26.2 Å². The van der Waals surface area contributed by atoms with Gasteiger partial charge in [0.25, 0.3) is 0 Å². The molecular formula is C13H26N2O. The smallest absolute Gasteiger partial charge is 0.0594 e. The zero-order valence-electron chi connectivity index (χ0n) is 10.6. The first-order valence-corrected chi connectivity index (χ1v) is 6.87.